The Bertz CT molecular complexity index is 1250. The summed E-state index contributed by atoms with van der Waals surface area (Å²) in [5.74, 6) is 0.864. The monoisotopic (exact) mass is 563 g/mol. The molecule has 3 aromatic rings. The van der Waals surface area contributed by atoms with E-state index in [-0.39, 0.29) is 12.5 Å². The van der Waals surface area contributed by atoms with Crippen molar-refractivity contribution < 1.29 is 19.4 Å². The largest absolute Gasteiger partial charge is 0.494 e. The summed E-state index contributed by atoms with van der Waals surface area (Å²) in [4.78, 5) is 19.0. The highest BCUT2D eigenvalue weighted by Crippen LogP contribution is 2.44. The van der Waals surface area contributed by atoms with Crippen LogP contribution in [0.3, 0.4) is 0 Å². The van der Waals surface area contributed by atoms with Gasteiger partial charge in [0.15, 0.2) is 11.6 Å². The summed E-state index contributed by atoms with van der Waals surface area (Å²) in [6.07, 6.45) is 2.36. The molecular formula is C29H30BrN3O4. The summed E-state index contributed by atoms with van der Waals surface area (Å²) in [5.41, 5.74) is 7.45. The Labute approximate surface area is 225 Å². The van der Waals surface area contributed by atoms with Gasteiger partial charge in [-0.05, 0) is 48.7 Å². The average molecular weight is 564 g/mol. The van der Waals surface area contributed by atoms with Gasteiger partial charge in [-0.2, -0.15) is 0 Å². The minimum atomic E-state index is -1.24. The number of hydrogen-bond donors (Lipinski definition) is 3. The number of hydrogen-bond acceptors (Lipinski definition) is 6. The second kappa shape index (κ2) is 11.5. The van der Waals surface area contributed by atoms with Crippen molar-refractivity contribution in [2.24, 2.45) is 4.99 Å². The predicted octanol–water partition coefficient (Wildman–Crippen LogP) is 4.49. The van der Waals surface area contributed by atoms with Crippen LogP contribution in [-0.4, -0.2) is 41.7 Å². The van der Waals surface area contributed by atoms with Crippen LogP contribution in [0.2, 0.25) is 0 Å². The molecule has 1 saturated carbocycles. The van der Waals surface area contributed by atoms with Crippen LogP contribution in [0.15, 0.2) is 88.3 Å². The Kier molecular flexibility index (Phi) is 7.88. The molecule has 37 heavy (non-hydrogen) atoms. The molecule has 0 unspecified atom stereocenters. The maximum Gasteiger partial charge on any atom is 0.266 e. The van der Waals surface area contributed by atoms with Crippen LogP contribution in [0.5, 0.6) is 5.75 Å². The zero-order valence-corrected chi connectivity index (χ0v) is 22.0. The average Bonchev–Trinajstić information content (AvgIpc) is 3.68. The molecule has 0 spiro atoms. The van der Waals surface area contributed by atoms with E-state index in [1.165, 1.54) is 0 Å². The van der Waals surface area contributed by atoms with Crippen LogP contribution in [0, 0.1) is 0 Å². The molecule has 1 amide bonds. The molecule has 1 heterocycles. The summed E-state index contributed by atoms with van der Waals surface area (Å²) >= 11 is 3.67. The van der Waals surface area contributed by atoms with Gasteiger partial charge in [-0.15, -0.1) is 0 Å². The second-order valence-corrected chi connectivity index (χ2v) is 10.2. The van der Waals surface area contributed by atoms with E-state index in [9.17, 15) is 4.79 Å². The number of hydrazine groups is 1. The number of benzene rings is 3. The molecule has 2 atom stereocenters. The normalized spacial score (nSPS) is 20.7. The van der Waals surface area contributed by atoms with E-state index < -0.39 is 11.6 Å². The fraction of sp³-hybridized carbons (Fsp3) is 0.310. The van der Waals surface area contributed by atoms with E-state index in [2.05, 4.69) is 26.8 Å². The fourth-order valence-corrected chi connectivity index (χ4v) is 4.85. The highest BCUT2D eigenvalue weighted by Gasteiger charge is 2.54. The lowest BCUT2D eigenvalue weighted by Crippen LogP contribution is -2.54. The molecule has 1 fully saturated rings. The maximum atomic E-state index is 14.0. The highest BCUT2D eigenvalue weighted by molar-refractivity contribution is 9.10. The SMILES string of the molecule is O=C(NNC1CC1)[C@@]1(Cc2ccccc2)N=C(c2ccc(OCCCO)cc2)O[C@H]1c1ccccc1Br. The molecular weight excluding hydrogens is 534 g/mol. The van der Waals surface area contributed by atoms with Crippen molar-refractivity contribution >= 4 is 27.7 Å². The summed E-state index contributed by atoms with van der Waals surface area (Å²) in [6.45, 7) is 0.520. The van der Waals surface area contributed by atoms with Gasteiger partial charge in [-0.25, -0.2) is 10.4 Å². The van der Waals surface area contributed by atoms with E-state index in [1.807, 2.05) is 78.9 Å². The molecule has 7 nitrogen and oxygen atoms in total. The van der Waals surface area contributed by atoms with Crippen molar-refractivity contribution in [2.45, 2.75) is 43.4 Å². The molecule has 0 radical (unpaired) electrons. The molecule has 0 aromatic heterocycles. The molecule has 1 aliphatic heterocycles. The number of ether oxygens (including phenoxy) is 2. The van der Waals surface area contributed by atoms with Gasteiger partial charge in [-0.3, -0.25) is 10.2 Å². The van der Waals surface area contributed by atoms with E-state index >= 15 is 0 Å². The van der Waals surface area contributed by atoms with Crippen molar-refractivity contribution in [1.29, 1.82) is 0 Å². The van der Waals surface area contributed by atoms with Gasteiger partial charge in [0.1, 0.15) is 5.75 Å². The van der Waals surface area contributed by atoms with Gasteiger partial charge < -0.3 is 14.6 Å². The standard InChI is InChI=1S/C29H30BrN3O4/c30-25-10-5-4-9-24(25)26-29(19-20-7-2-1-3-8-20,28(35)33-32-22-13-14-22)31-27(37-26)21-11-15-23(16-12-21)36-18-6-17-34/h1-5,7-12,15-16,22,26,32,34H,6,13-14,17-19H2,(H,33,35)/t26-,29-/m0/s1. The predicted molar refractivity (Wildman–Crippen MR) is 145 cm³/mol. The lowest BCUT2D eigenvalue weighted by molar-refractivity contribution is -0.130. The van der Waals surface area contributed by atoms with Crippen molar-refractivity contribution in [3.63, 3.8) is 0 Å². The molecule has 3 aromatic carbocycles. The number of aliphatic imine (C=N–C) groups is 1. The molecule has 3 N–H and O–H groups in total. The van der Waals surface area contributed by atoms with Crippen molar-refractivity contribution in [1.82, 2.24) is 10.9 Å². The first-order valence-corrected chi connectivity index (χ1v) is 13.3. The van der Waals surface area contributed by atoms with E-state index in [0.29, 0.717) is 37.1 Å². The zero-order chi connectivity index (χ0) is 25.7. The molecule has 0 bridgehead atoms. The first-order chi connectivity index (χ1) is 18.1. The minimum absolute atomic E-state index is 0.0837. The summed E-state index contributed by atoms with van der Waals surface area (Å²) in [6, 6.07) is 25.4. The Morgan fingerprint density at radius 1 is 1.05 bits per heavy atom. The Morgan fingerprint density at radius 2 is 1.78 bits per heavy atom. The van der Waals surface area contributed by atoms with Crippen LogP contribution in [0.25, 0.3) is 0 Å². The number of amides is 1. The van der Waals surface area contributed by atoms with Crippen molar-refractivity contribution in [2.75, 3.05) is 13.2 Å². The number of halogens is 1. The lowest BCUT2D eigenvalue weighted by atomic mass is 9.82. The molecule has 5 rings (SSSR count). The van der Waals surface area contributed by atoms with Crippen molar-refractivity contribution in [3.8, 4) is 5.75 Å². The summed E-state index contributed by atoms with van der Waals surface area (Å²) in [5, 5.41) is 8.99. The van der Waals surface area contributed by atoms with Gasteiger partial charge in [0.25, 0.3) is 5.91 Å². The summed E-state index contributed by atoms with van der Waals surface area (Å²) in [7, 11) is 0. The zero-order valence-electron chi connectivity index (χ0n) is 20.4. The minimum Gasteiger partial charge on any atom is -0.494 e. The molecule has 0 saturated heterocycles. The molecule has 2 aliphatic rings. The van der Waals surface area contributed by atoms with Gasteiger partial charge >= 0.3 is 0 Å². The second-order valence-electron chi connectivity index (χ2n) is 9.35. The van der Waals surface area contributed by atoms with Gasteiger partial charge in [-0.1, -0.05) is 64.5 Å². The lowest BCUT2D eigenvalue weighted by Gasteiger charge is -2.31. The molecule has 1 aliphatic carbocycles. The molecule has 192 valence electrons. The van der Waals surface area contributed by atoms with Crippen LogP contribution in [0.1, 0.15) is 42.1 Å². The van der Waals surface area contributed by atoms with Gasteiger partial charge in [0.05, 0.1) is 6.61 Å². The van der Waals surface area contributed by atoms with E-state index in [0.717, 1.165) is 34.0 Å². The summed E-state index contributed by atoms with van der Waals surface area (Å²) < 4.78 is 13.1. The van der Waals surface area contributed by atoms with Crippen LogP contribution in [0.4, 0.5) is 0 Å². The fourth-order valence-electron chi connectivity index (χ4n) is 4.36. The number of aliphatic hydroxyl groups is 1. The first kappa shape index (κ1) is 25.4. The number of rotatable bonds is 11. The van der Waals surface area contributed by atoms with Crippen LogP contribution < -0.4 is 15.6 Å². The smallest absolute Gasteiger partial charge is 0.266 e. The molecule has 8 heteroatoms. The number of aliphatic hydroxyl groups excluding tert-OH is 1. The Hall–Kier alpha value is -3.20. The van der Waals surface area contributed by atoms with E-state index in [4.69, 9.17) is 19.6 Å². The third-order valence-electron chi connectivity index (χ3n) is 6.50. The number of nitrogens with one attached hydrogen (secondary N) is 2. The first-order valence-electron chi connectivity index (χ1n) is 12.5. The van der Waals surface area contributed by atoms with Crippen LogP contribution in [-0.2, 0) is 16.0 Å². The topological polar surface area (TPSA) is 92.2 Å². The maximum absolute atomic E-state index is 14.0. The Morgan fingerprint density at radius 3 is 2.49 bits per heavy atom. The number of carbonyl (C=O) groups is 1. The number of carbonyl (C=O) groups excluding carboxylic acids is 1. The third-order valence-corrected chi connectivity index (χ3v) is 7.22. The highest BCUT2D eigenvalue weighted by atomic mass is 79.9. The van der Waals surface area contributed by atoms with Crippen LogP contribution >= 0.6 is 15.9 Å². The van der Waals surface area contributed by atoms with E-state index in [1.54, 1.807) is 0 Å². The van der Waals surface area contributed by atoms with Gasteiger partial charge in [0.2, 0.25) is 5.90 Å². The quantitative estimate of drug-likeness (QED) is 0.236. The number of nitrogens with zero attached hydrogens (tertiary/aromatic N) is 1. The van der Waals surface area contributed by atoms with Gasteiger partial charge in [0, 0.05) is 41.1 Å². The Balaban J connectivity index is 1.54. The van der Waals surface area contributed by atoms with Crippen molar-refractivity contribution in [3.05, 3.63) is 100 Å². The third kappa shape index (κ3) is 5.87.